The van der Waals surface area contributed by atoms with Gasteiger partial charge in [-0.3, -0.25) is 9.69 Å². The summed E-state index contributed by atoms with van der Waals surface area (Å²) in [7, 11) is 0. The highest BCUT2D eigenvalue weighted by molar-refractivity contribution is 5.94. The van der Waals surface area contributed by atoms with E-state index >= 15 is 0 Å². The molecule has 96 valence electrons. The van der Waals surface area contributed by atoms with Crippen molar-refractivity contribution in [2.24, 2.45) is 11.8 Å². The van der Waals surface area contributed by atoms with Crippen molar-refractivity contribution in [3.8, 4) is 0 Å². The predicted molar refractivity (Wildman–Crippen MR) is 66.2 cm³/mol. The highest BCUT2D eigenvalue weighted by Crippen LogP contribution is 2.38. The van der Waals surface area contributed by atoms with Crippen LogP contribution >= 0.6 is 0 Å². The lowest BCUT2D eigenvalue weighted by atomic mass is 10.0. The van der Waals surface area contributed by atoms with Crippen LogP contribution in [0.25, 0.3) is 0 Å². The summed E-state index contributed by atoms with van der Waals surface area (Å²) in [4.78, 5) is 16.9. The number of amides is 1. The molecule has 1 aromatic rings. The molecule has 2 saturated heterocycles. The van der Waals surface area contributed by atoms with E-state index in [9.17, 15) is 4.79 Å². The summed E-state index contributed by atoms with van der Waals surface area (Å²) in [5, 5.41) is 0. The van der Waals surface area contributed by atoms with Gasteiger partial charge in [-0.25, -0.2) is 0 Å². The van der Waals surface area contributed by atoms with Crippen LogP contribution in [0.5, 0.6) is 0 Å². The molecule has 4 heteroatoms. The first kappa shape index (κ1) is 10.6. The van der Waals surface area contributed by atoms with E-state index in [1.807, 2.05) is 4.90 Å². The SMILES string of the molecule is O=C(c1ccoc1)N1CC2CN(C3CC3)CC2C1. The Morgan fingerprint density at radius 1 is 1.17 bits per heavy atom. The molecule has 3 fully saturated rings. The number of hydrogen-bond acceptors (Lipinski definition) is 3. The van der Waals surface area contributed by atoms with Gasteiger partial charge in [0.25, 0.3) is 5.91 Å². The van der Waals surface area contributed by atoms with Crippen LogP contribution in [0.4, 0.5) is 0 Å². The van der Waals surface area contributed by atoms with Gasteiger partial charge in [-0.1, -0.05) is 0 Å². The Morgan fingerprint density at radius 3 is 2.44 bits per heavy atom. The average Bonchev–Trinajstić information content (AvgIpc) is 2.81. The number of carbonyl (C=O) groups is 1. The summed E-state index contributed by atoms with van der Waals surface area (Å²) in [6, 6.07) is 2.63. The number of fused-ring (bicyclic) bond motifs is 1. The van der Waals surface area contributed by atoms with E-state index < -0.39 is 0 Å². The highest BCUT2D eigenvalue weighted by Gasteiger charge is 2.45. The van der Waals surface area contributed by atoms with Crippen molar-refractivity contribution < 1.29 is 9.21 Å². The van der Waals surface area contributed by atoms with E-state index in [-0.39, 0.29) is 5.91 Å². The minimum Gasteiger partial charge on any atom is -0.472 e. The topological polar surface area (TPSA) is 36.7 Å². The number of furan rings is 1. The van der Waals surface area contributed by atoms with Gasteiger partial charge in [0.2, 0.25) is 0 Å². The largest absolute Gasteiger partial charge is 0.472 e. The molecule has 1 aromatic heterocycles. The Bertz CT molecular complexity index is 438. The first-order valence-corrected chi connectivity index (χ1v) is 6.87. The Labute approximate surface area is 107 Å². The standard InChI is InChI=1S/C14H18N2O2/c17-14(10-3-4-18-9-10)16-7-11-5-15(13-1-2-13)6-12(11)8-16/h3-4,9,11-13H,1-2,5-8H2. The fourth-order valence-corrected chi connectivity index (χ4v) is 3.50. The molecule has 3 aliphatic rings. The zero-order valence-corrected chi connectivity index (χ0v) is 10.4. The second-order valence-electron chi connectivity index (χ2n) is 5.93. The van der Waals surface area contributed by atoms with E-state index in [0.29, 0.717) is 17.4 Å². The summed E-state index contributed by atoms with van der Waals surface area (Å²) in [5.41, 5.74) is 0.689. The predicted octanol–water partition coefficient (Wildman–Crippen LogP) is 1.45. The molecule has 2 unspecified atom stereocenters. The van der Waals surface area contributed by atoms with Gasteiger partial charge in [0.1, 0.15) is 6.26 Å². The molecule has 4 rings (SSSR count). The lowest BCUT2D eigenvalue weighted by Gasteiger charge is -2.20. The molecule has 18 heavy (non-hydrogen) atoms. The lowest BCUT2D eigenvalue weighted by molar-refractivity contribution is 0.0773. The Kier molecular flexibility index (Phi) is 2.27. The fraction of sp³-hybridized carbons (Fsp3) is 0.643. The zero-order chi connectivity index (χ0) is 12.1. The summed E-state index contributed by atoms with van der Waals surface area (Å²) in [5.74, 6) is 1.53. The van der Waals surface area contributed by atoms with Gasteiger partial charge in [-0.2, -0.15) is 0 Å². The summed E-state index contributed by atoms with van der Waals surface area (Å²) >= 11 is 0. The minimum absolute atomic E-state index is 0.135. The van der Waals surface area contributed by atoms with Crippen molar-refractivity contribution >= 4 is 5.91 Å². The third-order valence-electron chi connectivity index (χ3n) is 4.63. The molecule has 1 aliphatic carbocycles. The first-order valence-electron chi connectivity index (χ1n) is 6.87. The summed E-state index contributed by atoms with van der Waals surface area (Å²) in [6.07, 6.45) is 5.89. The monoisotopic (exact) mass is 246 g/mol. The maximum absolute atomic E-state index is 12.2. The average molecular weight is 246 g/mol. The third kappa shape index (κ3) is 1.67. The van der Waals surface area contributed by atoms with Crippen molar-refractivity contribution in [3.63, 3.8) is 0 Å². The third-order valence-corrected chi connectivity index (χ3v) is 4.63. The van der Waals surface area contributed by atoms with Crippen molar-refractivity contribution in [2.45, 2.75) is 18.9 Å². The van der Waals surface area contributed by atoms with Gasteiger partial charge in [-0.05, 0) is 30.7 Å². The maximum atomic E-state index is 12.2. The van der Waals surface area contributed by atoms with Crippen LogP contribution in [-0.2, 0) is 0 Å². The van der Waals surface area contributed by atoms with Crippen LogP contribution in [0.2, 0.25) is 0 Å². The van der Waals surface area contributed by atoms with Crippen molar-refractivity contribution in [3.05, 3.63) is 24.2 Å². The van der Waals surface area contributed by atoms with Crippen LogP contribution in [0.3, 0.4) is 0 Å². The molecule has 4 nitrogen and oxygen atoms in total. The van der Waals surface area contributed by atoms with Crippen molar-refractivity contribution in [2.75, 3.05) is 26.2 Å². The van der Waals surface area contributed by atoms with Gasteiger partial charge in [0.15, 0.2) is 0 Å². The molecular formula is C14H18N2O2. The van der Waals surface area contributed by atoms with Gasteiger partial charge in [-0.15, -0.1) is 0 Å². The smallest absolute Gasteiger partial charge is 0.257 e. The minimum atomic E-state index is 0.135. The van der Waals surface area contributed by atoms with E-state index in [2.05, 4.69) is 4.90 Å². The molecule has 0 spiro atoms. The molecule has 0 N–H and O–H groups in total. The zero-order valence-electron chi connectivity index (χ0n) is 10.4. The Balaban J connectivity index is 1.42. The first-order chi connectivity index (χ1) is 8.81. The van der Waals surface area contributed by atoms with Crippen molar-refractivity contribution in [1.29, 1.82) is 0 Å². The number of likely N-dealkylation sites (tertiary alicyclic amines) is 2. The molecule has 2 atom stereocenters. The number of hydrogen-bond donors (Lipinski definition) is 0. The number of carbonyl (C=O) groups excluding carboxylic acids is 1. The van der Waals surface area contributed by atoms with Crippen LogP contribution < -0.4 is 0 Å². The highest BCUT2D eigenvalue weighted by atomic mass is 16.3. The normalized spacial score (nSPS) is 31.9. The quantitative estimate of drug-likeness (QED) is 0.792. The Hall–Kier alpha value is -1.29. The van der Waals surface area contributed by atoms with E-state index in [1.54, 1.807) is 18.6 Å². The van der Waals surface area contributed by atoms with E-state index in [4.69, 9.17) is 4.42 Å². The molecule has 0 aromatic carbocycles. The van der Waals surface area contributed by atoms with Gasteiger partial charge < -0.3 is 9.32 Å². The van der Waals surface area contributed by atoms with Gasteiger partial charge >= 0.3 is 0 Å². The van der Waals surface area contributed by atoms with Crippen LogP contribution in [0.15, 0.2) is 23.0 Å². The van der Waals surface area contributed by atoms with Gasteiger partial charge in [0.05, 0.1) is 11.8 Å². The van der Waals surface area contributed by atoms with Crippen LogP contribution in [0, 0.1) is 11.8 Å². The molecule has 1 amide bonds. The Morgan fingerprint density at radius 2 is 1.89 bits per heavy atom. The fourth-order valence-electron chi connectivity index (χ4n) is 3.50. The summed E-state index contributed by atoms with van der Waals surface area (Å²) < 4.78 is 4.99. The summed E-state index contributed by atoms with van der Waals surface area (Å²) in [6.45, 7) is 4.25. The molecular weight excluding hydrogens is 228 g/mol. The lowest BCUT2D eigenvalue weighted by Crippen LogP contribution is -2.33. The number of nitrogens with zero attached hydrogens (tertiary/aromatic N) is 2. The molecule has 1 saturated carbocycles. The number of rotatable bonds is 2. The van der Waals surface area contributed by atoms with E-state index in [1.165, 1.54) is 25.9 Å². The molecule has 2 aliphatic heterocycles. The molecule has 3 heterocycles. The second-order valence-corrected chi connectivity index (χ2v) is 5.93. The second kappa shape index (κ2) is 3.85. The molecule has 0 radical (unpaired) electrons. The van der Waals surface area contributed by atoms with Crippen molar-refractivity contribution in [1.82, 2.24) is 9.80 Å². The molecule has 0 bridgehead atoms. The van der Waals surface area contributed by atoms with Crippen LogP contribution in [0.1, 0.15) is 23.2 Å². The van der Waals surface area contributed by atoms with Crippen LogP contribution in [-0.4, -0.2) is 47.9 Å². The van der Waals surface area contributed by atoms with Gasteiger partial charge in [0, 0.05) is 32.2 Å². The maximum Gasteiger partial charge on any atom is 0.257 e. The van der Waals surface area contributed by atoms with E-state index in [0.717, 1.165) is 19.1 Å².